The van der Waals surface area contributed by atoms with Crippen molar-refractivity contribution in [2.24, 2.45) is 0 Å². The summed E-state index contributed by atoms with van der Waals surface area (Å²) in [6.45, 7) is 6.25. The molecule has 0 bridgehead atoms. The van der Waals surface area contributed by atoms with Crippen LogP contribution in [0.2, 0.25) is 0 Å². The van der Waals surface area contributed by atoms with Gasteiger partial charge in [-0.3, -0.25) is 0 Å². The summed E-state index contributed by atoms with van der Waals surface area (Å²) in [4.78, 5) is 0. The van der Waals surface area contributed by atoms with Crippen molar-refractivity contribution in [2.45, 2.75) is 26.7 Å². The normalized spacial score (nSPS) is 13.4. The zero-order valence-corrected chi connectivity index (χ0v) is 19.8. The zero-order chi connectivity index (χ0) is 20.9. The second-order valence-electron chi connectivity index (χ2n) is 6.54. The minimum absolute atomic E-state index is 0.348. The second kappa shape index (κ2) is 14.0. The molecule has 4 heteroatoms. The van der Waals surface area contributed by atoms with Gasteiger partial charge in [0.25, 0.3) is 0 Å². The van der Waals surface area contributed by atoms with E-state index in [1.54, 1.807) is 0 Å². The molecule has 0 radical (unpaired) electrons. The van der Waals surface area contributed by atoms with Gasteiger partial charge >= 0.3 is 35.6 Å². The molecule has 28 heavy (non-hydrogen) atoms. The maximum Gasteiger partial charge on any atom is 0.0108 e. The third kappa shape index (κ3) is 7.74. The molecule has 0 heterocycles. The van der Waals surface area contributed by atoms with Gasteiger partial charge in [-0.15, -0.1) is 46.7 Å². The van der Waals surface area contributed by atoms with Gasteiger partial charge in [0, 0.05) is 13.0 Å². The largest absolute Gasteiger partial charge is 0.143 e. The molecule has 0 saturated carbocycles. The van der Waals surface area contributed by atoms with Crippen LogP contribution in [-0.4, -0.2) is 12.2 Å². The van der Waals surface area contributed by atoms with Crippen molar-refractivity contribution in [3.8, 4) is 0 Å². The van der Waals surface area contributed by atoms with Gasteiger partial charge < -0.3 is 11.0 Å². The molecule has 4 rings (SSSR count). The topological polar surface area (TPSA) is 20.2 Å². The number of aliphatic hydroxyl groups is 1. The zero-order valence-electron chi connectivity index (χ0n) is 16.7. The minimum Gasteiger partial charge on any atom is -0.143 e. The average molecular weight is 449 g/mol. The molecule has 0 saturated heterocycles. The Hall–Kier alpha value is -1.09. The summed E-state index contributed by atoms with van der Waals surface area (Å²) in [5.41, 5.74) is 3.96. The summed E-state index contributed by atoms with van der Waals surface area (Å²) >= 11 is -0.556. The molecule has 1 aliphatic rings. The molecule has 0 spiro atoms. The Labute approximate surface area is 186 Å². The molecule has 3 aromatic carbocycles. The van der Waals surface area contributed by atoms with Crippen molar-refractivity contribution in [2.75, 3.05) is 7.11 Å². The number of hydrogen-bond acceptors (Lipinski definition) is 1. The molecule has 3 aromatic rings. The molecule has 1 nitrogen and oxygen atoms in total. The predicted molar refractivity (Wildman–Crippen MR) is 120 cm³/mol. The summed E-state index contributed by atoms with van der Waals surface area (Å²) in [6, 6.07) is 24.9. The molecule has 0 fully saturated rings. The maximum atomic E-state index is 7.00. The fourth-order valence-electron chi connectivity index (χ4n) is 2.83. The van der Waals surface area contributed by atoms with Crippen LogP contribution in [0.25, 0.3) is 16.8 Å². The SMILES string of the molecule is CO.C[C-](C)C.[Cl][Ti][Cl].[c-]1c(C2C=Cc3ccccc32)ccc2ccccc12. The first kappa shape index (κ1) is 25.0. The Bertz CT molecular complexity index is 859. The third-order valence-corrected chi connectivity index (χ3v) is 3.82. The van der Waals surface area contributed by atoms with Crippen LogP contribution < -0.4 is 0 Å². The number of fused-ring (bicyclic) bond motifs is 2. The average Bonchev–Trinajstić information content (AvgIpc) is 3.13. The van der Waals surface area contributed by atoms with Crippen LogP contribution in [0.3, 0.4) is 0 Å². The van der Waals surface area contributed by atoms with Gasteiger partial charge in [0.15, 0.2) is 0 Å². The molecule has 1 N–H and O–H groups in total. The predicted octanol–water partition coefficient (Wildman–Crippen LogP) is 7.40. The van der Waals surface area contributed by atoms with Crippen molar-refractivity contribution < 1.29 is 22.1 Å². The van der Waals surface area contributed by atoms with E-state index in [0.29, 0.717) is 5.92 Å². The van der Waals surface area contributed by atoms with Gasteiger partial charge in [0.05, 0.1) is 0 Å². The number of halogens is 2. The van der Waals surface area contributed by atoms with Crippen molar-refractivity contribution in [3.63, 3.8) is 0 Å². The smallest absolute Gasteiger partial charge is 0.0108 e. The van der Waals surface area contributed by atoms with Crippen LogP contribution in [0.1, 0.15) is 43.4 Å². The van der Waals surface area contributed by atoms with Crippen molar-refractivity contribution >= 4 is 35.5 Å². The van der Waals surface area contributed by atoms with Gasteiger partial charge in [0.2, 0.25) is 0 Å². The molecule has 1 aliphatic carbocycles. The van der Waals surface area contributed by atoms with Gasteiger partial charge in [-0.25, -0.2) is 0 Å². The molecule has 0 amide bonds. The third-order valence-electron chi connectivity index (χ3n) is 3.82. The molecule has 1 unspecified atom stereocenters. The van der Waals surface area contributed by atoms with Crippen molar-refractivity contribution in [3.05, 3.63) is 95.4 Å². The standard InChI is InChI=1S/C19H13.C4H9.CH4O.2ClH.Ti/c1-2-7-16-13-17(10-9-14(16)5-1)19-12-11-15-6-3-4-8-18(15)19;1-4(2)3;1-2;;;/h1-12,19H;1-3H3;2H,1H3;2*1H;/q2*-1;;;;+2/p-2. The van der Waals surface area contributed by atoms with Gasteiger partial charge in [0.1, 0.15) is 0 Å². The Kier molecular flexibility index (Phi) is 12.5. The fourth-order valence-corrected chi connectivity index (χ4v) is 2.83. The van der Waals surface area contributed by atoms with E-state index in [1.807, 2.05) is 0 Å². The van der Waals surface area contributed by atoms with E-state index in [0.717, 1.165) is 7.11 Å². The molecular formula is C24H26Cl2OTi-2. The summed E-state index contributed by atoms with van der Waals surface area (Å²) in [5.74, 6) is 1.76. The van der Waals surface area contributed by atoms with Gasteiger partial charge in [-0.1, -0.05) is 48.6 Å². The number of allylic oxidation sites excluding steroid dienone is 1. The number of hydrogen-bond donors (Lipinski definition) is 1. The Morgan fingerprint density at radius 2 is 1.46 bits per heavy atom. The van der Waals surface area contributed by atoms with E-state index in [2.05, 4.69) is 99.7 Å². The number of rotatable bonds is 1. The first-order valence-corrected chi connectivity index (χ1v) is 13.2. The number of benzene rings is 3. The summed E-state index contributed by atoms with van der Waals surface area (Å²) in [5, 5.41) is 9.44. The van der Waals surface area contributed by atoms with E-state index in [9.17, 15) is 0 Å². The fraction of sp³-hybridized carbons (Fsp3) is 0.208. The monoisotopic (exact) mass is 448 g/mol. The first-order valence-electron chi connectivity index (χ1n) is 8.92. The quantitative estimate of drug-likeness (QED) is 0.303. The van der Waals surface area contributed by atoms with Crippen LogP contribution in [0, 0.1) is 12.0 Å². The van der Waals surface area contributed by atoms with Crippen LogP contribution in [-0.2, 0) is 17.0 Å². The molecule has 0 aliphatic heterocycles. The number of aliphatic hydroxyl groups excluding tert-OH is 1. The second-order valence-corrected chi connectivity index (χ2v) is 9.12. The summed E-state index contributed by atoms with van der Waals surface area (Å²) in [6.07, 6.45) is 4.48. The molecular weight excluding hydrogens is 423 g/mol. The van der Waals surface area contributed by atoms with E-state index < -0.39 is 17.0 Å². The van der Waals surface area contributed by atoms with Crippen LogP contribution in [0.15, 0.2) is 66.7 Å². The molecule has 1 atom stereocenters. The first-order chi connectivity index (χ1) is 13.6. The minimum atomic E-state index is -0.556. The van der Waals surface area contributed by atoms with E-state index in [4.69, 9.17) is 23.7 Å². The van der Waals surface area contributed by atoms with Crippen LogP contribution >= 0.6 is 18.6 Å². The van der Waals surface area contributed by atoms with E-state index in [1.165, 1.54) is 33.4 Å². The Balaban J connectivity index is 0.000000376. The van der Waals surface area contributed by atoms with Gasteiger partial charge in [-0.2, -0.15) is 20.8 Å². The summed E-state index contributed by atoms with van der Waals surface area (Å²) < 4.78 is 0. The van der Waals surface area contributed by atoms with Gasteiger partial charge in [-0.05, 0) is 11.1 Å². The van der Waals surface area contributed by atoms with Crippen molar-refractivity contribution in [1.29, 1.82) is 0 Å². The maximum absolute atomic E-state index is 7.00. The van der Waals surface area contributed by atoms with Crippen LogP contribution in [0.5, 0.6) is 0 Å². The summed E-state index contributed by atoms with van der Waals surface area (Å²) in [7, 11) is 10.8. The Morgan fingerprint density at radius 3 is 2.14 bits per heavy atom. The molecule has 148 valence electrons. The molecule has 0 aromatic heterocycles. The van der Waals surface area contributed by atoms with Crippen LogP contribution in [0.4, 0.5) is 0 Å². The van der Waals surface area contributed by atoms with Crippen molar-refractivity contribution in [1.82, 2.24) is 0 Å². The van der Waals surface area contributed by atoms with E-state index >= 15 is 0 Å². The van der Waals surface area contributed by atoms with E-state index in [-0.39, 0.29) is 0 Å². The Morgan fingerprint density at radius 1 is 0.893 bits per heavy atom.